The molecule has 1 aromatic carbocycles. The molecule has 0 aliphatic heterocycles. The minimum absolute atomic E-state index is 0.0412. The van der Waals surface area contributed by atoms with Crippen LogP contribution in [0.15, 0.2) is 24.3 Å². The minimum atomic E-state index is -0.0412. The molecule has 4 heteroatoms. The Morgan fingerprint density at radius 3 is 2.86 bits per heavy atom. The topological polar surface area (TPSA) is 49.8 Å². The highest BCUT2D eigenvalue weighted by molar-refractivity contribution is 5.77. The molecule has 0 radical (unpaired) electrons. The van der Waals surface area contributed by atoms with E-state index in [1.165, 1.54) is 0 Å². The molecule has 0 bridgehead atoms. The van der Waals surface area contributed by atoms with Crippen molar-refractivity contribution in [1.29, 1.82) is 0 Å². The van der Waals surface area contributed by atoms with Crippen molar-refractivity contribution >= 4 is 5.91 Å². The molecule has 0 atom stereocenters. The standard InChI is InChI=1S/C17H23NO3/c1-14(2)21-13-17(20)18(3)12-16-9-6-8-15(11-16)7-4-5-10-19/h6,8-9,11,14,19H,5,10,12-13H2,1-3H3. The van der Waals surface area contributed by atoms with E-state index in [1.54, 1.807) is 11.9 Å². The van der Waals surface area contributed by atoms with Crippen LogP contribution in [0.5, 0.6) is 0 Å². The van der Waals surface area contributed by atoms with E-state index in [-0.39, 0.29) is 25.2 Å². The Labute approximate surface area is 126 Å². The van der Waals surface area contributed by atoms with E-state index in [0.717, 1.165) is 11.1 Å². The summed E-state index contributed by atoms with van der Waals surface area (Å²) in [7, 11) is 1.76. The molecule has 0 aromatic heterocycles. The molecule has 0 saturated carbocycles. The lowest BCUT2D eigenvalue weighted by Crippen LogP contribution is -2.30. The molecule has 0 saturated heterocycles. The fourth-order valence-corrected chi connectivity index (χ4v) is 1.68. The maximum atomic E-state index is 11.9. The van der Waals surface area contributed by atoms with Gasteiger partial charge in [-0.05, 0) is 31.5 Å². The van der Waals surface area contributed by atoms with Gasteiger partial charge in [0, 0.05) is 25.6 Å². The predicted octanol–water partition coefficient (Wildman–Crippen LogP) is 1.80. The van der Waals surface area contributed by atoms with Crippen LogP contribution in [0.4, 0.5) is 0 Å². The van der Waals surface area contributed by atoms with E-state index >= 15 is 0 Å². The first kappa shape index (κ1) is 17.2. The second-order valence-corrected chi connectivity index (χ2v) is 5.09. The number of amides is 1. The molecule has 0 spiro atoms. The number of carbonyl (C=O) groups is 1. The van der Waals surface area contributed by atoms with Gasteiger partial charge in [-0.25, -0.2) is 0 Å². The van der Waals surface area contributed by atoms with Crippen LogP contribution in [0, 0.1) is 11.8 Å². The number of ether oxygens (including phenoxy) is 1. The summed E-state index contributed by atoms with van der Waals surface area (Å²) in [6.07, 6.45) is 0.516. The number of rotatable bonds is 6. The van der Waals surface area contributed by atoms with E-state index in [0.29, 0.717) is 13.0 Å². The highest BCUT2D eigenvalue weighted by Crippen LogP contribution is 2.07. The summed E-state index contributed by atoms with van der Waals surface area (Å²) in [4.78, 5) is 13.5. The van der Waals surface area contributed by atoms with Gasteiger partial charge in [0.15, 0.2) is 0 Å². The fourth-order valence-electron chi connectivity index (χ4n) is 1.68. The van der Waals surface area contributed by atoms with Crippen LogP contribution in [-0.2, 0) is 16.1 Å². The maximum Gasteiger partial charge on any atom is 0.248 e. The van der Waals surface area contributed by atoms with Crippen molar-refractivity contribution in [2.45, 2.75) is 32.9 Å². The number of hydrogen-bond acceptors (Lipinski definition) is 3. The number of aliphatic hydroxyl groups is 1. The van der Waals surface area contributed by atoms with Gasteiger partial charge in [0.1, 0.15) is 6.61 Å². The second kappa shape index (κ2) is 9.17. The van der Waals surface area contributed by atoms with Gasteiger partial charge in [0.25, 0.3) is 0 Å². The third-order valence-corrected chi connectivity index (χ3v) is 2.78. The first-order valence-electron chi connectivity index (χ1n) is 7.07. The van der Waals surface area contributed by atoms with Gasteiger partial charge >= 0.3 is 0 Å². The predicted molar refractivity (Wildman–Crippen MR) is 82.6 cm³/mol. The zero-order valence-corrected chi connectivity index (χ0v) is 12.9. The van der Waals surface area contributed by atoms with Gasteiger partial charge in [-0.3, -0.25) is 4.79 Å². The van der Waals surface area contributed by atoms with E-state index in [1.807, 2.05) is 38.1 Å². The summed E-state index contributed by atoms with van der Waals surface area (Å²) in [5.41, 5.74) is 1.91. The third-order valence-electron chi connectivity index (χ3n) is 2.78. The van der Waals surface area contributed by atoms with Crippen LogP contribution >= 0.6 is 0 Å². The quantitative estimate of drug-likeness (QED) is 0.813. The summed E-state index contributed by atoms with van der Waals surface area (Å²) in [6.45, 7) is 4.50. The Kier molecular flexibility index (Phi) is 7.52. The molecule has 0 aliphatic carbocycles. The van der Waals surface area contributed by atoms with Crippen molar-refractivity contribution in [3.63, 3.8) is 0 Å². The minimum Gasteiger partial charge on any atom is -0.395 e. The number of carbonyl (C=O) groups excluding carboxylic acids is 1. The van der Waals surface area contributed by atoms with Gasteiger partial charge in [0.2, 0.25) is 5.91 Å². The van der Waals surface area contributed by atoms with E-state index in [2.05, 4.69) is 11.8 Å². The maximum absolute atomic E-state index is 11.9. The molecule has 1 amide bonds. The lowest BCUT2D eigenvalue weighted by atomic mass is 10.1. The zero-order chi connectivity index (χ0) is 15.7. The van der Waals surface area contributed by atoms with Crippen molar-refractivity contribution < 1.29 is 14.6 Å². The van der Waals surface area contributed by atoms with Crippen LogP contribution in [0.2, 0.25) is 0 Å². The van der Waals surface area contributed by atoms with Crippen LogP contribution in [0.3, 0.4) is 0 Å². The molecule has 0 unspecified atom stereocenters. The molecule has 114 valence electrons. The largest absolute Gasteiger partial charge is 0.395 e. The molecule has 0 fully saturated rings. The van der Waals surface area contributed by atoms with Crippen molar-refractivity contribution in [2.24, 2.45) is 0 Å². The van der Waals surface area contributed by atoms with E-state index in [4.69, 9.17) is 9.84 Å². The Hall–Kier alpha value is -1.83. The van der Waals surface area contributed by atoms with Crippen molar-refractivity contribution in [3.8, 4) is 11.8 Å². The first-order valence-corrected chi connectivity index (χ1v) is 7.07. The molecule has 21 heavy (non-hydrogen) atoms. The number of nitrogens with zero attached hydrogens (tertiary/aromatic N) is 1. The Morgan fingerprint density at radius 2 is 2.19 bits per heavy atom. The molecule has 1 N–H and O–H groups in total. The molecule has 1 aromatic rings. The summed E-state index contributed by atoms with van der Waals surface area (Å²) < 4.78 is 5.31. The monoisotopic (exact) mass is 289 g/mol. The van der Waals surface area contributed by atoms with Crippen LogP contribution in [0.25, 0.3) is 0 Å². The van der Waals surface area contributed by atoms with E-state index < -0.39 is 0 Å². The van der Waals surface area contributed by atoms with Crippen LogP contribution in [-0.4, -0.2) is 42.3 Å². The van der Waals surface area contributed by atoms with Gasteiger partial charge in [-0.15, -0.1) is 0 Å². The molecule has 0 aliphatic rings. The summed E-state index contributed by atoms with van der Waals surface area (Å²) in [5.74, 6) is 5.84. The average Bonchev–Trinajstić information content (AvgIpc) is 2.45. The fraction of sp³-hybridized carbons (Fsp3) is 0.471. The van der Waals surface area contributed by atoms with Crippen LogP contribution in [0.1, 0.15) is 31.4 Å². The number of benzene rings is 1. The molecule has 0 heterocycles. The van der Waals surface area contributed by atoms with E-state index in [9.17, 15) is 4.79 Å². The lowest BCUT2D eigenvalue weighted by molar-refractivity contribution is -0.136. The molecular weight excluding hydrogens is 266 g/mol. The lowest BCUT2D eigenvalue weighted by Gasteiger charge is -2.18. The van der Waals surface area contributed by atoms with Crippen molar-refractivity contribution in [1.82, 2.24) is 4.90 Å². The third kappa shape index (κ3) is 6.94. The summed E-state index contributed by atoms with van der Waals surface area (Å²) in [5, 5.41) is 8.71. The SMILES string of the molecule is CC(C)OCC(=O)N(C)Cc1cccc(C#CCCO)c1. The normalized spacial score (nSPS) is 10.1. The van der Waals surface area contributed by atoms with Gasteiger partial charge in [-0.2, -0.15) is 0 Å². The average molecular weight is 289 g/mol. The Balaban J connectivity index is 2.60. The Bertz CT molecular complexity index is 514. The van der Waals surface area contributed by atoms with Gasteiger partial charge < -0.3 is 14.7 Å². The second-order valence-electron chi connectivity index (χ2n) is 5.09. The van der Waals surface area contributed by atoms with Crippen molar-refractivity contribution in [3.05, 3.63) is 35.4 Å². The summed E-state index contributed by atoms with van der Waals surface area (Å²) in [6, 6.07) is 7.75. The molecular formula is C17H23NO3. The van der Waals surface area contributed by atoms with Crippen molar-refractivity contribution in [2.75, 3.05) is 20.3 Å². The Morgan fingerprint density at radius 1 is 1.43 bits per heavy atom. The highest BCUT2D eigenvalue weighted by Gasteiger charge is 2.10. The first-order chi connectivity index (χ1) is 10.0. The number of hydrogen-bond donors (Lipinski definition) is 1. The number of aliphatic hydroxyl groups excluding tert-OH is 1. The number of likely N-dealkylation sites (N-methyl/N-ethyl adjacent to an activating group) is 1. The molecule has 4 nitrogen and oxygen atoms in total. The van der Waals surface area contributed by atoms with Gasteiger partial charge in [-0.1, -0.05) is 24.0 Å². The summed E-state index contributed by atoms with van der Waals surface area (Å²) >= 11 is 0. The van der Waals surface area contributed by atoms with Crippen LogP contribution < -0.4 is 0 Å². The molecule has 1 rings (SSSR count). The highest BCUT2D eigenvalue weighted by atomic mass is 16.5. The smallest absolute Gasteiger partial charge is 0.248 e. The van der Waals surface area contributed by atoms with Gasteiger partial charge in [0.05, 0.1) is 12.7 Å². The zero-order valence-electron chi connectivity index (χ0n) is 12.9.